The predicted molar refractivity (Wildman–Crippen MR) is 128 cm³/mol. The third-order valence-corrected chi connectivity index (χ3v) is 5.95. The van der Waals surface area contributed by atoms with Crippen LogP contribution in [-0.2, 0) is 4.79 Å². The molecule has 0 aliphatic carbocycles. The standard InChI is InChI=1S/C24H23ClF3N5O2/c1-15(17-5-3-6-19(13-17)35-24(26,27)28)30-23(29-2)33-14-20(32-12-4-7-21(32)34)22(31-33)16-8-10-18(25)11-9-16/h3,5-6,8-11,13,20H,4,7,12,14H2,1-2H3/b29-23?,30-15+. The van der Waals surface area contributed by atoms with Crippen molar-refractivity contribution >= 4 is 34.9 Å². The van der Waals surface area contributed by atoms with Crippen molar-refractivity contribution in [1.82, 2.24) is 9.91 Å². The second-order valence-electron chi connectivity index (χ2n) is 8.08. The Morgan fingerprint density at radius 3 is 2.57 bits per heavy atom. The first-order valence-corrected chi connectivity index (χ1v) is 11.3. The molecule has 11 heteroatoms. The van der Waals surface area contributed by atoms with Crippen LogP contribution in [0.3, 0.4) is 0 Å². The SMILES string of the molecule is CN=C(/N=C(\C)c1cccc(OC(F)(F)F)c1)N1CC(N2CCCC2=O)C(c2ccc(Cl)cc2)=N1. The van der Waals surface area contributed by atoms with Crippen molar-refractivity contribution in [2.75, 3.05) is 20.1 Å². The van der Waals surface area contributed by atoms with Gasteiger partial charge in [0.2, 0.25) is 11.9 Å². The number of ether oxygens (including phenoxy) is 1. The number of halogens is 4. The minimum atomic E-state index is -4.79. The largest absolute Gasteiger partial charge is 0.573 e. The molecule has 2 aromatic rings. The molecule has 0 saturated carbocycles. The zero-order chi connectivity index (χ0) is 25.2. The zero-order valence-electron chi connectivity index (χ0n) is 19.1. The number of hydrogen-bond acceptors (Lipinski definition) is 4. The average Bonchev–Trinajstić information content (AvgIpc) is 3.43. The second kappa shape index (κ2) is 10.1. The maximum absolute atomic E-state index is 12.6. The van der Waals surface area contributed by atoms with Gasteiger partial charge in [-0.05, 0) is 43.2 Å². The molecule has 2 aliphatic rings. The molecule has 0 aromatic heterocycles. The quantitative estimate of drug-likeness (QED) is 0.445. The summed E-state index contributed by atoms with van der Waals surface area (Å²) < 4.78 is 41.8. The van der Waals surface area contributed by atoms with Gasteiger partial charge in [0.25, 0.3) is 0 Å². The number of hydrazone groups is 1. The van der Waals surface area contributed by atoms with E-state index in [-0.39, 0.29) is 23.7 Å². The van der Waals surface area contributed by atoms with Crippen LogP contribution < -0.4 is 4.74 Å². The third kappa shape index (κ3) is 5.82. The molecule has 0 N–H and O–H groups in total. The van der Waals surface area contributed by atoms with Gasteiger partial charge in [-0.15, -0.1) is 13.2 Å². The highest BCUT2D eigenvalue weighted by Gasteiger charge is 2.38. The molecule has 4 rings (SSSR count). The van der Waals surface area contributed by atoms with Crippen molar-refractivity contribution in [3.63, 3.8) is 0 Å². The van der Waals surface area contributed by atoms with E-state index < -0.39 is 6.36 Å². The highest BCUT2D eigenvalue weighted by molar-refractivity contribution is 6.30. The van der Waals surface area contributed by atoms with Gasteiger partial charge in [-0.25, -0.2) is 10.0 Å². The molecule has 0 bridgehead atoms. The lowest BCUT2D eigenvalue weighted by Crippen LogP contribution is -2.44. The van der Waals surface area contributed by atoms with Crippen LogP contribution in [0.15, 0.2) is 63.6 Å². The number of alkyl halides is 3. The van der Waals surface area contributed by atoms with Crippen molar-refractivity contribution in [3.05, 3.63) is 64.7 Å². The molecular formula is C24H23ClF3N5O2. The van der Waals surface area contributed by atoms with Gasteiger partial charge in [-0.3, -0.25) is 9.79 Å². The molecule has 1 fully saturated rings. The van der Waals surface area contributed by atoms with Crippen molar-refractivity contribution in [2.24, 2.45) is 15.1 Å². The zero-order valence-corrected chi connectivity index (χ0v) is 19.8. The number of likely N-dealkylation sites (tertiary alicyclic amines) is 1. The number of aliphatic imine (C=N–C) groups is 2. The fraction of sp³-hybridized carbons (Fsp3) is 0.333. The number of rotatable bonds is 4. The smallest absolute Gasteiger partial charge is 0.406 e. The van der Waals surface area contributed by atoms with E-state index in [4.69, 9.17) is 16.7 Å². The minimum absolute atomic E-state index is 0.0645. The summed E-state index contributed by atoms with van der Waals surface area (Å²) in [7, 11) is 1.56. The first kappa shape index (κ1) is 24.7. The lowest BCUT2D eigenvalue weighted by Gasteiger charge is -2.25. The van der Waals surface area contributed by atoms with Gasteiger partial charge in [-0.2, -0.15) is 5.10 Å². The normalized spacial score (nSPS) is 19.4. The van der Waals surface area contributed by atoms with E-state index in [2.05, 4.69) is 14.7 Å². The maximum atomic E-state index is 12.6. The van der Waals surface area contributed by atoms with E-state index in [0.717, 1.165) is 12.0 Å². The summed E-state index contributed by atoms with van der Waals surface area (Å²) >= 11 is 6.05. The van der Waals surface area contributed by atoms with Crippen LogP contribution in [0.25, 0.3) is 0 Å². The predicted octanol–water partition coefficient (Wildman–Crippen LogP) is 4.74. The van der Waals surface area contributed by atoms with Crippen LogP contribution >= 0.6 is 11.6 Å². The van der Waals surface area contributed by atoms with Crippen LogP contribution in [0.4, 0.5) is 13.2 Å². The number of amides is 1. The van der Waals surface area contributed by atoms with Gasteiger partial charge in [0.05, 0.1) is 18.3 Å². The monoisotopic (exact) mass is 505 g/mol. The molecule has 2 heterocycles. The Hall–Kier alpha value is -3.40. The van der Waals surface area contributed by atoms with Gasteiger partial charge in [0, 0.05) is 36.3 Å². The molecule has 184 valence electrons. The summed E-state index contributed by atoms with van der Waals surface area (Å²) in [6.45, 7) is 2.65. The molecule has 1 atom stereocenters. The summed E-state index contributed by atoms with van der Waals surface area (Å²) in [5, 5.41) is 6.93. The van der Waals surface area contributed by atoms with Crippen LogP contribution in [0.2, 0.25) is 5.02 Å². The molecule has 0 spiro atoms. The van der Waals surface area contributed by atoms with Crippen LogP contribution in [-0.4, -0.2) is 65.7 Å². The molecule has 35 heavy (non-hydrogen) atoms. The van der Waals surface area contributed by atoms with Gasteiger partial charge in [0.15, 0.2) is 0 Å². The summed E-state index contributed by atoms with van der Waals surface area (Å²) in [4.78, 5) is 23.1. The van der Waals surface area contributed by atoms with Crippen molar-refractivity contribution in [3.8, 4) is 5.75 Å². The van der Waals surface area contributed by atoms with E-state index in [0.29, 0.717) is 41.5 Å². The van der Waals surface area contributed by atoms with Gasteiger partial charge >= 0.3 is 6.36 Å². The Balaban J connectivity index is 1.63. The third-order valence-electron chi connectivity index (χ3n) is 5.70. The van der Waals surface area contributed by atoms with Gasteiger partial charge in [0.1, 0.15) is 5.75 Å². The summed E-state index contributed by atoms with van der Waals surface area (Å²) in [6, 6.07) is 12.5. The lowest BCUT2D eigenvalue weighted by atomic mass is 10.0. The first-order valence-electron chi connectivity index (χ1n) is 10.9. The molecule has 2 aromatic carbocycles. The van der Waals surface area contributed by atoms with Crippen molar-refractivity contribution in [1.29, 1.82) is 0 Å². The fourth-order valence-corrected chi connectivity index (χ4v) is 4.21. The van der Waals surface area contributed by atoms with E-state index in [1.807, 2.05) is 17.0 Å². The molecule has 1 amide bonds. The molecule has 2 aliphatic heterocycles. The van der Waals surface area contributed by atoms with Crippen LogP contribution in [0, 0.1) is 0 Å². The first-order chi connectivity index (χ1) is 16.6. The van der Waals surface area contributed by atoms with E-state index in [1.54, 1.807) is 37.2 Å². The Labute approximate surface area is 205 Å². The van der Waals surface area contributed by atoms with E-state index >= 15 is 0 Å². The molecule has 0 radical (unpaired) electrons. The Morgan fingerprint density at radius 1 is 1.20 bits per heavy atom. The summed E-state index contributed by atoms with van der Waals surface area (Å²) in [5.74, 6) is -0.00344. The number of benzene rings is 2. The number of nitrogens with zero attached hydrogens (tertiary/aromatic N) is 5. The molecular weight excluding hydrogens is 483 g/mol. The highest BCUT2D eigenvalue weighted by Crippen LogP contribution is 2.26. The summed E-state index contributed by atoms with van der Waals surface area (Å²) in [5.41, 5.74) is 2.41. The second-order valence-corrected chi connectivity index (χ2v) is 8.51. The maximum Gasteiger partial charge on any atom is 0.573 e. The highest BCUT2D eigenvalue weighted by atomic mass is 35.5. The van der Waals surface area contributed by atoms with Gasteiger partial charge < -0.3 is 9.64 Å². The average molecular weight is 506 g/mol. The number of guanidine groups is 1. The summed E-state index contributed by atoms with van der Waals surface area (Å²) in [6.07, 6.45) is -3.51. The van der Waals surface area contributed by atoms with Crippen molar-refractivity contribution in [2.45, 2.75) is 32.2 Å². The van der Waals surface area contributed by atoms with Gasteiger partial charge in [-0.1, -0.05) is 35.9 Å². The molecule has 1 saturated heterocycles. The Bertz CT molecular complexity index is 1190. The number of carbonyl (C=O) groups is 1. The molecule has 1 unspecified atom stereocenters. The number of carbonyl (C=O) groups excluding carboxylic acids is 1. The Kier molecular flexibility index (Phi) is 7.11. The lowest BCUT2D eigenvalue weighted by molar-refractivity contribution is -0.274. The topological polar surface area (TPSA) is 69.9 Å². The Morgan fingerprint density at radius 2 is 1.94 bits per heavy atom. The molecule has 7 nitrogen and oxygen atoms in total. The fourth-order valence-electron chi connectivity index (χ4n) is 4.09. The van der Waals surface area contributed by atoms with E-state index in [1.165, 1.54) is 18.2 Å². The van der Waals surface area contributed by atoms with Crippen LogP contribution in [0.1, 0.15) is 30.9 Å². The van der Waals surface area contributed by atoms with Crippen molar-refractivity contribution < 1.29 is 22.7 Å². The minimum Gasteiger partial charge on any atom is -0.406 e. The number of hydrogen-bond donors (Lipinski definition) is 0. The van der Waals surface area contributed by atoms with Crippen LogP contribution in [0.5, 0.6) is 5.75 Å². The van der Waals surface area contributed by atoms with E-state index in [9.17, 15) is 18.0 Å².